The summed E-state index contributed by atoms with van der Waals surface area (Å²) in [6.07, 6.45) is 1.28. The Morgan fingerprint density at radius 3 is 2.33 bits per heavy atom. The van der Waals surface area contributed by atoms with Crippen molar-refractivity contribution in [3.05, 3.63) is 35.4 Å². The van der Waals surface area contributed by atoms with Crippen LogP contribution in [0.3, 0.4) is 0 Å². The summed E-state index contributed by atoms with van der Waals surface area (Å²) in [6.45, 7) is 7.96. The van der Waals surface area contributed by atoms with E-state index in [1.807, 2.05) is 0 Å². The summed E-state index contributed by atoms with van der Waals surface area (Å²) in [4.78, 5) is 0. The fourth-order valence-electron chi connectivity index (χ4n) is 2.28. The maximum Gasteiger partial charge on any atom is 0.0323 e. The molecule has 2 atom stereocenters. The average Bonchev–Trinajstić information content (AvgIpc) is 2.65. The van der Waals surface area contributed by atoms with E-state index in [9.17, 15) is 0 Å². The van der Waals surface area contributed by atoms with Crippen molar-refractivity contribution in [1.29, 1.82) is 0 Å². The van der Waals surface area contributed by atoms with Gasteiger partial charge in [0.25, 0.3) is 0 Å². The van der Waals surface area contributed by atoms with Crippen LogP contribution in [-0.2, 0) is 0 Å². The van der Waals surface area contributed by atoms with Crippen molar-refractivity contribution in [1.82, 2.24) is 5.32 Å². The highest BCUT2D eigenvalue weighted by Gasteiger charge is 2.21. The maximum atomic E-state index is 3.57. The minimum absolute atomic E-state index is 0.584. The fraction of sp³-hybridized carbons (Fsp3) is 0.571. The Bertz CT molecular complexity index is 313. The van der Waals surface area contributed by atoms with Gasteiger partial charge in [0.2, 0.25) is 0 Å². The summed E-state index contributed by atoms with van der Waals surface area (Å²) in [5.74, 6) is 1.45. The summed E-state index contributed by atoms with van der Waals surface area (Å²) < 4.78 is 0. The second-order valence-corrected chi connectivity index (χ2v) is 5.12. The zero-order valence-electron chi connectivity index (χ0n) is 9.96. The van der Waals surface area contributed by atoms with Gasteiger partial charge in [0.15, 0.2) is 0 Å². The molecule has 0 spiro atoms. The summed E-state index contributed by atoms with van der Waals surface area (Å²) >= 11 is 0. The molecule has 1 nitrogen and oxygen atoms in total. The Kier molecular flexibility index (Phi) is 3.11. The monoisotopic (exact) mass is 203 g/mol. The number of hydrogen-bond donors (Lipinski definition) is 1. The first-order valence-corrected chi connectivity index (χ1v) is 6.00. The lowest BCUT2D eigenvalue weighted by Crippen LogP contribution is -2.13. The highest BCUT2D eigenvalue weighted by molar-refractivity contribution is 5.27. The smallest absolute Gasteiger partial charge is 0.0323 e. The van der Waals surface area contributed by atoms with E-state index in [1.165, 1.54) is 17.5 Å². The number of rotatable bonds is 2. The highest BCUT2D eigenvalue weighted by Crippen LogP contribution is 2.27. The molecule has 1 saturated heterocycles. The molecule has 1 aromatic rings. The molecule has 2 rings (SSSR count). The van der Waals surface area contributed by atoms with Gasteiger partial charge in [0.1, 0.15) is 0 Å². The quantitative estimate of drug-likeness (QED) is 0.776. The highest BCUT2D eigenvalue weighted by atomic mass is 14.9. The van der Waals surface area contributed by atoms with Crippen LogP contribution in [0.25, 0.3) is 0 Å². The predicted octanol–water partition coefficient (Wildman–Crippen LogP) is 3.48. The third-order valence-corrected chi connectivity index (χ3v) is 3.36. The predicted molar refractivity (Wildman–Crippen MR) is 65.1 cm³/mol. The Morgan fingerprint density at radius 2 is 1.87 bits per heavy atom. The molecule has 1 aliphatic rings. The van der Waals surface area contributed by atoms with E-state index in [0.717, 1.165) is 12.5 Å². The summed E-state index contributed by atoms with van der Waals surface area (Å²) in [5.41, 5.74) is 2.88. The van der Waals surface area contributed by atoms with E-state index < -0.39 is 0 Å². The van der Waals surface area contributed by atoms with Crippen molar-refractivity contribution in [2.45, 2.75) is 39.2 Å². The van der Waals surface area contributed by atoms with E-state index in [4.69, 9.17) is 0 Å². The van der Waals surface area contributed by atoms with E-state index in [2.05, 4.69) is 50.4 Å². The van der Waals surface area contributed by atoms with E-state index >= 15 is 0 Å². The molecular weight excluding hydrogens is 182 g/mol. The first-order chi connectivity index (χ1) is 7.16. The molecule has 0 unspecified atom stereocenters. The molecule has 0 bridgehead atoms. The van der Waals surface area contributed by atoms with Crippen molar-refractivity contribution >= 4 is 0 Å². The van der Waals surface area contributed by atoms with Crippen LogP contribution < -0.4 is 5.32 Å². The van der Waals surface area contributed by atoms with Crippen molar-refractivity contribution < 1.29 is 0 Å². The van der Waals surface area contributed by atoms with Crippen LogP contribution in [0.4, 0.5) is 0 Å². The van der Waals surface area contributed by atoms with Gasteiger partial charge in [-0.05, 0) is 35.9 Å². The van der Waals surface area contributed by atoms with Gasteiger partial charge in [-0.25, -0.2) is 0 Å². The van der Waals surface area contributed by atoms with Gasteiger partial charge in [0, 0.05) is 6.04 Å². The Balaban J connectivity index is 2.10. The van der Waals surface area contributed by atoms with Gasteiger partial charge >= 0.3 is 0 Å². The van der Waals surface area contributed by atoms with Crippen LogP contribution in [0.15, 0.2) is 24.3 Å². The topological polar surface area (TPSA) is 12.0 Å². The van der Waals surface area contributed by atoms with Crippen LogP contribution in [-0.4, -0.2) is 6.54 Å². The molecule has 0 amide bonds. The minimum Gasteiger partial charge on any atom is -0.310 e. The van der Waals surface area contributed by atoms with Gasteiger partial charge in [-0.15, -0.1) is 0 Å². The molecule has 15 heavy (non-hydrogen) atoms. The summed E-state index contributed by atoms with van der Waals surface area (Å²) in [7, 11) is 0. The number of nitrogens with one attached hydrogen (secondary N) is 1. The molecule has 0 saturated carbocycles. The van der Waals surface area contributed by atoms with Crippen LogP contribution in [0.2, 0.25) is 0 Å². The van der Waals surface area contributed by atoms with Crippen molar-refractivity contribution in [2.75, 3.05) is 6.54 Å². The molecule has 0 aliphatic carbocycles. The third kappa shape index (κ3) is 2.40. The van der Waals surface area contributed by atoms with Crippen LogP contribution in [0.5, 0.6) is 0 Å². The molecule has 0 aromatic heterocycles. The van der Waals surface area contributed by atoms with E-state index in [1.54, 1.807) is 0 Å². The van der Waals surface area contributed by atoms with Crippen molar-refractivity contribution in [3.8, 4) is 0 Å². The molecule has 1 aromatic carbocycles. The molecule has 1 N–H and O–H groups in total. The van der Waals surface area contributed by atoms with Gasteiger partial charge in [-0.1, -0.05) is 45.0 Å². The maximum absolute atomic E-state index is 3.57. The summed E-state index contributed by atoms with van der Waals surface area (Å²) in [6, 6.07) is 9.69. The van der Waals surface area contributed by atoms with Crippen LogP contribution in [0.1, 0.15) is 50.3 Å². The standard InChI is InChI=1S/C14H21N/c1-10(2)12-4-6-13(7-5-12)14-8-11(3)9-15-14/h4-7,10-11,14-15H,8-9H2,1-3H3/t11-,14+/m0/s1. The first-order valence-electron chi connectivity index (χ1n) is 6.00. The lowest BCUT2D eigenvalue weighted by atomic mass is 9.97. The number of hydrogen-bond acceptors (Lipinski definition) is 1. The largest absolute Gasteiger partial charge is 0.310 e. The molecule has 1 heterocycles. The fourth-order valence-corrected chi connectivity index (χ4v) is 2.28. The zero-order chi connectivity index (χ0) is 10.8. The van der Waals surface area contributed by atoms with Gasteiger partial charge in [-0.2, -0.15) is 0 Å². The normalized spacial score (nSPS) is 26.1. The van der Waals surface area contributed by atoms with Gasteiger partial charge in [-0.3, -0.25) is 0 Å². The molecular formula is C14H21N. The first kappa shape index (κ1) is 10.7. The molecule has 1 heteroatoms. The lowest BCUT2D eigenvalue weighted by Gasteiger charge is -2.12. The zero-order valence-corrected chi connectivity index (χ0v) is 9.96. The second kappa shape index (κ2) is 4.36. The lowest BCUT2D eigenvalue weighted by molar-refractivity contribution is 0.611. The molecule has 82 valence electrons. The van der Waals surface area contributed by atoms with Crippen LogP contribution >= 0.6 is 0 Å². The molecule has 1 aliphatic heterocycles. The van der Waals surface area contributed by atoms with Crippen molar-refractivity contribution in [3.63, 3.8) is 0 Å². The molecule has 1 fully saturated rings. The van der Waals surface area contributed by atoms with Gasteiger partial charge in [0.05, 0.1) is 0 Å². The van der Waals surface area contributed by atoms with E-state index in [-0.39, 0.29) is 0 Å². The van der Waals surface area contributed by atoms with Crippen molar-refractivity contribution in [2.24, 2.45) is 5.92 Å². The van der Waals surface area contributed by atoms with Crippen LogP contribution in [0, 0.1) is 5.92 Å². The number of benzene rings is 1. The minimum atomic E-state index is 0.584. The van der Waals surface area contributed by atoms with Gasteiger partial charge < -0.3 is 5.32 Å². The second-order valence-electron chi connectivity index (χ2n) is 5.12. The average molecular weight is 203 g/mol. The Labute approximate surface area is 92.9 Å². The Hall–Kier alpha value is -0.820. The third-order valence-electron chi connectivity index (χ3n) is 3.36. The molecule has 0 radical (unpaired) electrons. The SMILES string of the molecule is CC(C)c1ccc([C@H]2C[C@H](C)CN2)cc1. The summed E-state index contributed by atoms with van der Waals surface area (Å²) in [5, 5.41) is 3.57. The Morgan fingerprint density at radius 1 is 1.20 bits per heavy atom. The van der Waals surface area contributed by atoms with E-state index in [0.29, 0.717) is 12.0 Å².